The molecule has 3 saturated heterocycles. The van der Waals surface area contributed by atoms with Crippen LogP contribution in [0.25, 0.3) is 0 Å². The molecule has 5 rings (SSSR count). The van der Waals surface area contributed by atoms with Crippen LogP contribution in [0.5, 0.6) is 0 Å². The Labute approximate surface area is 219 Å². The highest BCUT2D eigenvalue weighted by atomic mass is 19.4. The molecule has 0 bridgehead atoms. The van der Waals surface area contributed by atoms with Crippen LogP contribution in [0, 0.1) is 5.82 Å². The molecule has 0 unspecified atom stereocenters. The zero-order chi connectivity index (χ0) is 26.9. The van der Waals surface area contributed by atoms with E-state index in [4.69, 9.17) is 4.74 Å². The van der Waals surface area contributed by atoms with Gasteiger partial charge in [0.1, 0.15) is 11.4 Å². The maximum Gasteiger partial charge on any atom is 0.418 e. The van der Waals surface area contributed by atoms with E-state index in [9.17, 15) is 22.4 Å². The quantitative estimate of drug-likeness (QED) is 0.550. The molecule has 1 aromatic carbocycles. The number of amides is 1. The molecule has 3 aliphatic heterocycles. The minimum absolute atomic E-state index is 0.0688. The van der Waals surface area contributed by atoms with Crippen LogP contribution in [0.15, 0.2) is 36.5 Å². The fraction of sp³-hybridized carbons (Fsp3) is 0.593. The normalized spacial score (nSPS) is 26.0. The van der Waals surface area contributed by atoms with Crippen molar-refractivity contribution >= 4 is 11.7 Å². The largest absolute Gasteiger partial charge is 0.418 e. The van der Waals surface area contributed by atoms with Gasteiger partial charge >= 0.3 is 6.18 Å². The van der Waals surface area contributed by atoms with Gasteiger partial charge in [0, 0.05) is 32.2 Å². The fourth-order valence-corrected chi connectivity index (χ4v) is 5.81. The number of aromatic nitrogens is 2. The summed E-state index contributed by atoms with van der Waals surface area (Å²) in [6.45, 7) is 5.75. The smallest absolute Gasteiger partial charge is 0.364 e. The number of alkyl halides is 3. The lowest BCUT2D eigenvalue weighted by Crippen LogP contribution is -2.59. The Hall–Kier alpha value is -2.79. The van der Waals surface area contributed by atoms with Crippen molar-refractivity contribution in [2.75, 3.05) is 50.8 Å². The summed E-state index contributed by atoms with van der Waals surface area (Å²) < 4.78 is 58.5. The first kappa shape index (κ1) is 26.8. The SMILES string of the molecule is C[C@]1(C(=O)N2CCN(c3cc(C(F)(F)F)cnn3)CC2)CC[C@@H](N2CCC(c3ccc(F)cc3)CC2)CO1. The second-order valence-corrected chi connectivity index (χ2v) is 10.7. The van der Waals surface area contributed by atoms with E-state index in [1.165, 1.54) is 17.7 Å². The number of piperidine rings is 1. The number of likely N-dealkylation sites (tertiary alicyclic amines) is 1. The van der Waals surface area contributed by atoms with E-state index in [1.807, 2.05) is 19.1 Å². The summed E-state index contributed by atoms with van der Waals surface area (Å²) in [5.41, 5.74) is -0.552. The molecule has 1 amide bonds. The second kappa shape index (κ2) is 10.8. The van der Waals surface area contributed by atoms with Crippen LogP contribution in [0.2, 0.25) is 0 Å². The number of hydrogen-bond acceptors (Lipinski definition) is 6. The van der Waals surface area contributed by atoms with Crippen molar-refractivity contribution in [2.45, 2.75) is 56.3 Å². The van der Waals surface area contributed by atoms with E-state index >= 15 is 0 Å². The lowest BCUT2D eigenvalue weighted by molar-refractivity contribution is -0.168. The Morgan fingerprint density at radius 3 is 2.32 bits per heavy atom. The standard InChI is InChI=1S/C27H33F4N5O2/c1-26(25(37)36-14-12-35(13-15-36)24-16-21(17-32-33-24)27(29,30)31)9-6-23(18-38-26)34-10-7-20(8-11-34)19-2-4-22(28)5-3-19/h2-5,16-17,20,23H,6-15,18H2,1H3/t23-,26-/m1/s1. The molecule has 7 nitrogen and oxygen atoms in total. The third kappa shape index (κ3) is 5.78. The summed E-state index contributed by atoms with van der Waals surface area (Å²) in [5, 5.41) is 7.36. The number of nitrogens with zero attached hydrogens (tertiary/aromatic N) is 5. The maximum atomic E-state index is 13.4. The van der Waals surface area contributed by atoms with Crippen molar-refractivity contribution in [3.63, 3.8) is 0 Å². The van der Waals surface area contributed by atoms with Gasteiger partial charge in [-0.3, -0.25) is 9.69 Å². The molecule has 206 valence electrons. The van der Waals surface area contributed by atoms with Crippen molar-refractivity contribution in [3.8, 4) is 0 Å². The lowest BCUT2D eigenvalue weighted by atomic mass is 9.87. The minimum Gasteiger partial charge on any atom is -0.364 e. The minimum atomic E-state index is -4.48. The van der Waals surface area contributed by atoms with Crippen LogP contribution in [0.1, 0.15) is 49.7 Å². The summed E-state index contributed by atoms with van der Waals surface area (Å²) in [7, 11) is 0. The summed E-state index contributed by atoms with van der Waals surface area (Å²) in [5.74, 6) is 0.317. The molecule has 1 aromatic heterocycles. The van der Waals surface area contributed by atoms with Gasteiger partial charge in [-0.25, -0.2) is 4.39 Å². The molecular formula is C27H33F4N5O2. The Morgan fingerprint density at radius 1 is 1.03 bits per heavy atom. The molecule has 0 saturated carbocycles. The Bertz CT molecular complexity index is 1110. The van der Waals surface area contributed by atoms with Crippen LogP contribution in [-0.4, -0.2) is 83.4 Å². The topological polar surface area (TPSA) is 61.8 Å². The first-order valence-corrected chi connectivity index (χ1v) is 13.2. The van der Waals surface area contributed by atoms with Crippen LogP contribution < -0.4 is 4.90 Å². The molecule has 11 heteroatoms. The van der Waals surface area contributed by atoms with Crippen LogP contribution in [0.4, 0.5) is 23.4 Å². The Balaban J connectivity index is 1.10. The van der Waals surface area contributed by atoms with Gasteiger partial charge < -0.3 is 14.5 Å². The van der Waals surface area contributed by atoms with Gasteiger partial charge in [-0.05, 0) is 75.4 Å². The molecule has 0 N–H and O–H groups in total. The van der Waals surface area contributed by atoms with Crippen molar-refractivity contribution in [3.05, 3.63) is 53.5 Å². The van der Waals surface area contributed by atoms with E-state index in [0.717, 1.165) is 38.4 Å². The van der Waals surface area contributed by atoms with Crippen molar-refractivity contribution in [1.29, 1.82) is 0 Å². The van der Waals surface area contributed by atoms with Gasteiger partial charge in [-0.2, -0.15) is 18.3 Å². The van der Waals surface area contributed by atoms with Crippen molar-refractivity contribution < 1.29 is 27.1 Å². The monoisotopic (exact) mass is 535 g/mol. The predicted molar refractivity (Wildman–Crippen MR) is 133 cm³/mol. The average molecular weight is 536 g/mol. The number of benzene rings is 1. The number of rotatable bonds is 4. The third-order valence-corrected chi connectivity index (χ3v) is 8.25. The number of halogens is 4. The van der Waals surface area contributed by atoms with E-state index in [-0.39, 0.29) is 23.6 Å². The van der Waals surface area contributed by atoms with E-state index in [1.54, 1.807) is 9.80 Å². The lowest BCUT2D eigenvalue weighted by Gasteiger charge is -2.45. The summed E-state index contributed by atoms with van der Waals surface area (Å²) >= 11 is 0. The molecule has 38 heavy (non-hydrogen) atoms. The highest BCUT2D eigenvalue weighted by Crippen LogP contribution is 2.34. The van der Waals surface area contributed by atoms with Crippen molar-refractivity contribution in [2.24, 2.45) is 0 Å². The van der Waals surface area contributed by atoms with Gasteiger partial charge in [-0.15, -0.1) is 5.10 Å². The second-order valence-electron chi connectivity index (χ2n) is 10.7. The highest BCUT2D eigenvalue weighted by molar-refractivity contribution is 5.85. The van der Waals surface area contributed by atoms with Gasteiger partial charge in [0.05, 0.1) is 18.4 Å². The zero-order valence-electron chi connectivity index (χ0n) is 21.5. The molecule has 3 fully saturated rings. The van der Waals surface area contributed by atoms with Crippen LogP contribution in [-0.2, 0) is 15.7 Å². The number of anilines is 1. The number of hydrogen-bond donors (Lipinski definition) is 0. The first-order valence-electron chi connectivity index (χ1n) is 13.2. The van der Waals surface area contributed by atoms with Gasteiger partial charge in [0.2, 0.25) is 0 Å². The molecule has 0 aliphatic carbocycles. The van der Waals surface area contributed by atoms with Crippen LogP contribution >= 0.6 is 0 Å². The van der Waals surface area contributed by atoms with E-state index in [0.29, 0.717) is 51.3 Å². The van der Waals surface area contributed by atoms with Gasteiger partial charge in [-0.1, -0.05) is 12.1 Å². The molecule has 4 heterocycles. The summed E-state index contributed by atoms with van der Waals surface area (Å²) in [6.07, 6.45) is -0.258. The first-order chi connectivity index (χ1) is 18.1. The van der Waals surface area contributed by atoms with E-state index in [2.05, 4.69) is 15.1 Å². The molecular weight excluding hydrogens is 502 g/mol. The molecule has 2 aromatic rings. The summed E-state index contributed by atoms with van der Waals surface area (Å²) in [4.78, 5) is 19.3. The maximum absolute atomic E-state index is 13.4. The summed E-state index contributed by atoms with van der Waals surface area (Å²) in [6, 6.07) is 8.06. The predicted octanol–water partition coefficient (Wildman–Crippen LogP) is 4.10. The molecule has 0 spiro atoms. The highest BCUT2D eigenvalue weighted by Gasteiger charge is 2.43. The number of carbonyl (C=O) groups excluding carboxylic acids is 1. The number of piperazine rings is 1. The van der Waals surface area contributed by atoms with Crippen molar-refractivity contribution in [1.82, 2.24) is 20.0 Å². The van der Waals surface area contributed by atoms with Gasteiger partial charge in [0.25, 0.3) is 5.91 Å². The van der Waals surface area contributed by atoms with E-state index < -0.39 is 17.3 Å². The number of carbonyl (C=O) groups is 1. The Kier molecular flexibility index (Phi) is 7.59. The Morgan fingerprint density at radius 2 is 1.71 bits per heavy atom. The molecule has 0 radical (unpaired) electrons. The van der Waals surface area contributed by atoms with Crippen LogP contribution in [0.3, 0.4) is 0 Å². The third-order valence-electron chi connectivity index (χ3n) is 8.25. The molecule has 2 atom stereocenters. The average Bonchev–Trinajstić information content (AvgIpc) is 2.93. The zero-order valence-corrected chi connectivity index (χ0v) is 21.5. The van der Waals surface area contributed by atoms with Gasteiger partial charge in [0.15, 0.2) is 5.82 Å². The molecule has 3 aliphatic rings. The fourth-order valence-electron chi connectivity index (χ4n) is 5.81. The number of ether oxygens (including phenoxy) is 1.